The highest BCUT2D eigenvalue weighted by molar-refractivity contribution is 6.23. The van der Waals surface area contributed by atoms with E-state index < -0.39 is 29.7 Å². The number of carbonyl (C=O) groups excluding carboxylic acids is 5. The van der Waals surface area contributed by atoms with Gasteiger partial charge in [-0.2, -0.15) is 5.10 Å². The Bertz CT molecular complexity index is 2520. The molecule has 5 amide bonds. The molecule has 3 N–H and O–H groups in total. The summed E-state index contributed by atoms with van der Waals surface area (Å²) in [7, 11) is 0. The van der Waals surface area contributed by atoms with E-state index in [0.29, 0.717) is 28.9 Å². The summed E-state index contributed by atoms with van der Waals surface area (Å²) in [4.78, 5) is 78.6. The number of anilines is 2. The number of nitrogens with one attached hydrogen (secondary N) is 1. The normalized spacial score (nSPS) is 22.5. The number of imide groups is 2. The molecular weight excluding hydrogens is 763 g/mol. The quantitative estimate of drug-likeness (QED) is 0.192. The molecule has 4 aliphatic heterocycles. The highest BCUT2D eigenvalue weighted by atomic mass is 16.5. The van der Waals surface area contributed by atoms with Gasteiger partial charge in [-0.15, -0.1) is 0 Å². The highest BCUT2D eigenvalue weighted by Crippen LogP contribution is 2.41. The largest absolute Gasteiger partial charge is 0.457 e. The third-order valence-electron chi connectivity index (χ3n) is 13.2. The number of ether oxygens (including phenoxy) is 1. The number of piperidine rings is 2. The van der Waals surface area contributed by atoms with Crippen LogP contribution in [0, 0.1) is 17.8 Å². The fourth-order valence-electron chi connectivity index (χ4n) is 9.86. The standard InChI is InChI=1S/C45H45N9O6/c46-40-38-39(27-8-13-33(14-9-27)60-32-4-2-1-3-5-32)50-54(41(38)48-25-47-40)30-10-6-28(7-11-30)43(57)52-23-29(24-52)26-18-20-51(21-19-26)31-12-15-34-35(22-31)45(59)53(44(34)58)36-16-17-37(55)49-42(36)56/h1-5,8-9,12-15,22,25-26,28-30,36H,6-7,10-11,16-21,23-24H2,(H2,46,47,48)(H,49,55,56). The van der Waals surface area contributed by atoms with Crippen LogP contribution in [0.25, 0.3) is 22.3 Å². The number of para-hydroxylation sites is 1. The number of aromatic nitrogens is 4. The van der Waals surface area contributed by atoms with Gasteiger partial charge in [0.05, 0.1) is 22.6 Å². The summed E-state index contributed by atoms with van der Waals surface area (Å²) in [5, 5.41) is 8.03. The maximum absolute atomic E-state index is 13.7. The third kappa shape index (κ3) is 6.71. The molecule has 3 aromatic carbocycles. The Balaban J connectivity index is 0.723. The molecule has 15 heteroatoms. The summed E-state index contributed by atoms with van der Waals surface area (Å²) >= 11 is 0. The van der Waals surface area contributed by atoms with Gasteiger partial charge in [0.1, 0.15) is 35.4 Å². The number of carbonyl (C=O) groups is 5. The average Bonchev–Trinajstić information content (AvgIpc) is 3.76. The average molecular weight is 808 g/mol. The molecule has 60 heavy (non-hydrogen) atoms. The van der Waals surface area contributed by atoms with Crippen LogP contribution in [-0.4, -0.2) is 91.3 Å². The van der Waals surface area contributed by atoms with Crippen LogP contribution in [-0.2, 0) is 14.4 Å². The molecule has 1 atom stereocenters. The van der Waals surface area contributed by atoms with Crippen molar-refractivity contribution in [1.29, 1.82) is 0 Å². The number of hydrogen-bond acceptors (Lipinski definition) is 11. The third-order valence-corrected chi connectivity index (χ3v) is 13.2. The number of rotatable bonds is 8. The minimum Gasteiger partial charge on any atom is -0.457 e. The molecule has 306 valence electrons. The minimum absolute atomic E-state index is 0.0116. The van der Waals surface area contributed by atoms with E-state index in [-0.39, 0.29) is 36.3 Å². The van der Waals surface area contributed by atoms with Gasteiger partial charge in [-0.1, -0.05) is 18.2 Å². The molecule has 2 aromatic heterocycles. The van der Waals surface area contributed by atoms with Crippen molar-refractivity contribution < 1.29 is 28.7 Å². The Labute approximate surface area is 345 Å². The zero-order valence-corrected chi connectivity index (χ0v) is 33.0. The molecule has 0 spiro atoms. The summed E-state index contributed by atoms with van der Waals surface area (Å²) in [5.74, 6) is 1.06. The van der Waals surface area contributed by atoms with Gasteiger partial charge in [-0.3, -0.25) is 34.2 Å². The molecule has 1 aliphatic carbocycles. The first-order valence-corrected chi connectivity index (χ1v) is 20.9. The van der Waals surface area contributed by atoms with Crippen molar-refractivity contribution in [2.24, 2.45) is 17.8 Å². The molecular formula is C45H45N9O6. The molecule has 1 unspecified atom stereocenters. The van der Waals surface area contributed by atoms with Gasteiger partial charge in [0.25, 0.3) is 11.8 Å². The minimum atomic E-state index is -0.983. The van der Waals surface area contributed by atoms with Crippen molar-refractivity contribution in [2.45, 2.75) is 63.5 Å². The van der Waals surface area contributed by atoms with Crippen LogP contribution in [0.5, 0.6) is 11.5 Å². The summed E-state index contributed by atoms with van der Waals surface area (Å²) in [6.45, 7) is 3.19. The first kappa shape index (κ1) is 37.6. The number of fused-ring (bicyclic) bond motifs is 2. The molecule has 15 nitrogen and oxygen atoms in total. The Kier molecular flexibility index (Phi) is 9.52. The van der Waals surface area contributed by atoms with Gasteiger partial charge in [0.15, 0.2) is 5.65 Å². The van der Waals surface area contributed by atoms with Gasteiger partial charge >= 0.3 is 0 Å². The first-order valence-electron chi connectivity index (χ1n) is 20.9. The van der Waals surface area contributed by atoms with E-state index in [9.17, 15) is 24.0 Å². The zero-order valence-electron chi connectivity index (χ0n) is 33.0. The topological polar surface area (TPSA) is 186 Å². The number of hydrogen-bond donors (Lipinski definition) is 2. The van der Waals surface area contributed by atoms with E-state index in [1.165, 1.54) is 6.33 Å². The van der Waals surface area contributed by atoms with Crippen molar-refractivity contribution in [3.63, 3.8) is 0 Å². The molecule has 5 aliphatic rings. The Hall–Kier alpha value is -6.64. The van der Waals surface area contributed by atoms with E-state index in [2.05, 4.69) is 20.2 Å². The fraction of sp³-hybridized carbons (Fsp3) is 0.378. The second kappa shape index (κ2) is 15.2. The predicted molar refractivity (Wildman–Crippen MR) is 221 cm³/mol. The maximum Gasteiger partial charge on any atom is 0.262 e. The smallest absolute Gasteiger partial charge is 0.262 e. The van der Waals surface area contributed by atoms with E-state index in [1.54, 1.807) is 12.1 Å². The SMILES string of the molecule is Nc1ncnc2c1c(-c1ccc(Oc3ccccc3)cc1)nn2C1CCC(C(=O)N2CC(C3CCN(c4ccc5c(c4)C(=O)N(C4CCC(=O)NC4=O)C5=O)CC3)C2)CC1. The van der Waals surface area contributed by atoms with Crippen LogP contribution >= 0.6 is 0 Å². The van der Waals surface area contributed by atoms with E-state index in [4.69, 9.17) is 15.6 Å². The fourth-order valence-corrected chi connectivity index (χ4v) is 9.86. The lowest BCUT2D eigenvalue weighted by Gasteiger charge is -2.47. The number of benzene rings is 3. The molecule has 6 heterocycles. The van der Waals surface area contributed by atoms with Crippen LogP contribution < -0.4 is 20.7 Å². The molecule has 3 saturated heterocycles. The number of nitrogens with two attached hydrogens (primary N) is 1. The zero-order chi connectivity index (χ0) is 41.1. The van der Waals surface area contributed by atoms with E-state index in [1.807, 2.05) is 70.2 Å². The molecule has 4 fully saturated rings. The second-order valence-corrected chi connectivity index (χ2v) is 16.7. The van der Waals surface area contributed by atoms with Crippen LogP contribution in [0.4, 0.5) is 11.5 Å². The van der Waals surface area contributed by atoms with Crippen molar-refractivity contribution in [3.05, 3.63) is 90.3 Å². The molecule has 0 radical (unpaired) electrons. The summed E-state index contributed by atoms with van der Waals surface area (Å²) in [6, 6.07) is 21.8. The van der Waals surface area contributed by atoms with Gasteiger partial charge in [0, 0.05) is 49.8 Å². The van der Waals surface area contributed by atoms with Crippen LogP contribution in [0.2, 0.25) is 0 Å². The number of amides is 5. The van der Waals surface area contributed by atoms with Gasteiger partial charge < -0.3 is 20.3 Å². The van der Waals surface area contributed by atoms with Crippen molar-refractivity contribution in [1.82, 2.24) is 34.9 Å². The van der Waals surface area contributed by atoms with Crippen molar-refractivity contribution in [2.75, 3.05) is 36.8 Å². The molecule has 1 saturated carbocycles. The van der Waals surface area contributed by atoms with Gasteiger partial charge in [0.2, 0.25) is 17.7 Å². The lowest BCUT2D eigenvalue weighted by molar-refractivity contribution is -0.145. The van der Waals surface area contributed by atoms with Gasteiger partial charge in [-0.25, -0.2) is 14.6 Å². The number of nitrogen functional groups attached to an aromatic ring is 1. The van der Waals surface area contributed by atoms with Crippen molar-refractivity contribution >= 4 is 52.1 Å². The second-order valence-electron chi connectivity index (χ2n) is 16.7. The Morgan fingerprint density at radius 1 is 0.767 bits per heavy atom. The van der Waals surface area contributed by atoms with Crippen molar-refractivity contribution in [3.8, 4) is 22.8 Å². The number of likely N-dealkylation sites (tertiary alicyclic amines) is 1. The van der Waals surface area contributed by atoms with E-state index >= 15 is 0 Å². The highest BCUT2D eigenvalue weighted by Gasteiger charge is 2.45. The first-order chi connectivity index (χ1) is 29.2. The lowest BCUT2D eigenvalue weighted by atomic mass is 9.78. The monoisotopic (exact) mass is 807 g/mol. The number of nitrogens with zero attached hydrogens (tertiary/aromatic N) is 7. The summed E-state index contributed by atoms with van der Waals surface area (Å²) in [6.07, 6.45) is 6.84. The van der Waals surface area contributed by atoms with E-state index in [0.717, 1.165) is 103 Å². The summed E-state index contributed by atoms with van der Waals surface area (Å²) < 4.78 is 7.98. The summed E-state index contributed by atoms with van der Waals surface area (Å²) in [5.41, 5.74) is 10.2. The van der Waals surface area contributed by atoms with Crippen LogP contribution in [0.15, 0.2) is 79.1 Å². The van der Waals surface area contributed by atoms with Gasteiger partial charge in [-0.05, 0) is 111 Å². The Morgan fingerprint density at radius 3 is 2.22 bits per heavy atom. The maximum atomic E-state index is 13.7. The van der Waals surface area contributed by atoms with Crippen LogP contribution in [0.1, 0.15) is 78.1 Å². The molecule has 10 rings (SSSR count). The van der Waals surface area contributed by atoms with Crippen LogP contribution in [0.3, 0.4) is 0 Å². The predicted octanol–water partition coefficient (Wildman–Crippen LogP) is 5.38. The molecule has 0 bridgehead atoms. The Morgan fingerprint density at radius 2 is 1.48 bits per heavy atom. The molecule has 5 aromatic rings. The lowest BCUT2D eigenvalue weighted by Crippen LogP contribution is -2.56.